The van der Waals surface area contributed by atoms with Crippen molar-refractivity contribution in [1.29, 1.82) is 0 Å². The lowest BCUT2D eigenvalue weighted by Crippen LogP contribution is -2.37. The third kappa shape index (κ3) is 49.2. The maximum absolute atomic E-state index is 12.8. The van der Waals surface area contributed by atoms with Crippen molar-refractivity contribution < 1.29 is 42.1 Å². The molecule has 63 heavy (non-hydrogen) atoms. The molecule has 0 heterocycles. The average molecular weight is 909 g/mol. The summed E-state index contributed by atoms with van der Waals surface area (Å²) in [7, 11) is 1.46. The second-order valence-electron chi connectivity index (χ2n) is 18.6. The van der Waals surface area contributed by atoms with E-state index in [-0.39, 0.29) is 26.1 Å². The first-order chi connectivity index (χ1) is 30.5. The van der Waals surface area contributed by atoms with Gasteiger partial charge in [0.1, 0.15) is 19.8 Å². The smallest absolute Gasteiger partial charge is 0.462 e. The van der Waals surface area contributed by atoms with Crippen LogP contribution in [0.15, 0.2) is 48.6 Å². The quantitative estimate of drug-likeness (QED) is 0.0211. The number of hydrogen-bond donors (Lipinski definition) is 1. The van der Waals surface area contributed by atoms with Crippen LogP contribution in [-0.2, 0) is 32.7 Å². The Kier molecular flexibility index (Phi) is 43.7. The molecule has 0 spiro atoms. The van der Waals surface area contributed by atoms with E-state index in [2.05, 4.69) is 62.5 Å². The first-order valence-corrected chi connectivity index (χ1v) is 27.4. The number of esters is 2. The van der Waals surface area contributed by atoms with Crippen molar-refractivity contribution in [1.82, 2.24) is 0 Å². The van der Waals surface area contributed by atoms with Crippen LogP contribution in [0.1, 0.15) is 226 Å². The zero-order valence-electron chi connectivity index (χ0n) is 41.6. The van der Waals surface area contributed by atoms with Gasteiger partial charge in [-0.2, -0.15) is 0 Å². The lowest BCUT2D eigenvalue weighted by Gasteiger charge is -2.24. The molecule has 0 aromatic carbocycles. The van der Waals surface area contributed by atoms with Crippen LogP contribution in [0, 0.1) is 0 Å². The van der Waals surface area contributed by atoms with Crippen LogP contribution in [0.5, 0.6) is 0 Å². The molecule has 0 saturated carbocycles. The topological polar surface area (TPSA) is 108 Å². The van der Waals surface area contributed by atoms with Crippen LogP contribution in [-0.4, -0.2) is 74.9 Å². The number of carbonyl (C=O) groups is 2. The fraction of sp³-hybridized carbons (Fsp3) is 0.811. The van der Waals surface area contributed by atoms with E-state index in [4.69, 9.17) is 18.5 Å². The minimum atomic E-state index is -4.39. The first-order valence-electron chi connectivity index (χ1n) is 25.9. The first kappa shape index (κ1) is 61.0. The fourth-order valence-electron chi connectivity index (χ4n) is 7.07. The highest BCUT2D eigenvalue weighted by atomic mass is 31.2. The standard InChI is InChI=1S/C53H98NO8P/c1-6-8-10-12-14-16-18-20-22-24-25-26-27-28-30-32-34-36-38-40-42-44-46-53(56)62-51(50-61-63(57,58)60-48-47-54(3,4)5)49-59-52(55)45-43-41-39-37-35-33-31-29-23-21-19-17-15-13-11-9-7-2/h11,13,17,19,23,29,33,35,51H,6-10,12,14-16,18,20-22,24-28,30-32,34,36-50H2,1-5H3/p+1/b13-11+,19-17+,29-23+,35-33+/t51-/m1/s1. The molecule has 0 aliphatic rings. The van der Waals surface area contributed by atoms with Gasteiger partial charge in [-0.25, -0.2) is 4.57 Å². The number of ether oxygens (including phenoxy) is 2. The highest BCUT2D eigenvalue weighted by Gasteiger charge is 2.27. The summed E-state index contributed by atoms with van der Waals surface area (Å²) in [5.41, 5.74) is 0. The Bertz CT molecular complexity index is 1210. The predicted octanol–water partition coefficient (Wildman–Crippen LogP) is 15.4. The molecule has 0 aromatic heterocycles. The summed E-state index contributed by atoms with van der Waals surface area (Å²) >= 11 is 0. The Hall–Kier alpha value is -2.03. The lowest BCUT2D eigenvalue weighted by molar-refractivity contribution is -0.870. The van der Waals surface area contributed by atoms with Crippen LogP contribution >= 0.6 is 7.82 Å². The molecule has 0 aliphatic carbocycles. The monoisotopic (exact) mass is 909 g/mol. The molecule has 0 bridgehead atoms. The third-order valence-electron chi connectivity index (χ3n) is 11.1. The highest BCUT2D eigenvalue weighted by molar-refractivity contribution is 7.47. The van der Waals surface area contributed by atoms with E-state index in [1.807, 2.05) is 21.1 Å². The average Bonchev–Trinajstić information content (AvgIpc) is 3.24. The van der Waals surface area contributed by atoms with Crippen LogP contribution < -0.4 is 0 Å². The summed E-state index contributed by atoms with van der Waals surface area (Å²) in [5.74, 6) is -0.827. The van der Waals surface area contributed by atoms with Crippen molar-refractivity contribution in [3.05, 3.63) is 48.6 Å². The molecule has 0 radical (unpaired) electrons. The Labute approximate surface area is 388 Å². The van der Waals surface area contributed by atoms with Gasteiger partial charge in [-0.3, -0.25) is 18.6 Å². The van der Waals surface area contributed by atoms with E-state index in [0.29, 0.717) is 23.9 Å². The van der Waals surface area contributed by atoms with E-state index in [0.717, 1.165) is 57.8 Å². The molecule has 368 valence electrons. The van der Waals surface area contributed by atoms with Gasteiger partial charge in [0.15, 0.2) is 6.10 Å². The van der Waals surface area contributed by atoms with Crippen LogP contribution in [0.3, 0.4) is 0 Å². The van der Waals surface area contributed by atoms with Gasteiger partial charge in [0, 0.05) is 12.8 Å². The zero-order chi connectivity index (χ0) is 46.4. The van der Waals surface area contributed by atoms with Gasteiger partial charge < -0.3 is 18.9 Å². The number of hydrogen-bond acceptors (Lipinski definition) is 7. The van der Waals surface area contributed by atoms with Crippen molar-refractivity contribution in [2.24, 2.45) is 0 Å². The van der Waals surface area contributed by atoms with Gasteiger partial charge in [0.2, 0.25) is 0 Å². The SMILES string of the molecule is CCC/C=C/C/C=C/C/C=C/C/C=C/CCCCCC(=O)OC[C@H](COP(=O)(O)OCC[N+](C)(C)C)OC(=O)CCCCCCCCCCCCCCCCCCCCCCCC. The minimum absolute atomic E-state index is 0.0263. The third-order valence-corrected chi connectivity index (χ3v) is 12.1. The largest absolute Gasteiger partial charge is 0.472 e. The molecule has 0 saturated heterocycles. The molecular weight excluding hydrogens is 810 g/mol. The van der Waals surface area contributed by atoms with Crippen molar-refractivity contribution in [3.8, 4) is 0 Å². The number of quaternary nitrogens is 1. The summed E-state index contributed by atoms with van der Waals surface area (Å²) < 4.78 is 34.4. The highest BCUT2D eigenvalue weighted by Crippen LogP contribution is 2.43. The number of likely N-dealkylation sites (N-methyl/N-ethyl adjacent to an activating group) is 1. The zero-order valence-corrected chi connectivity index (χ0v) is 42.5. The number of rotatable bonds is 47. The van der Waals surface area contributed by atoms with Crippen molar-refractivity contribution in [2.75, 3.05) is 47.5 Å². The Balaban J connectivity index is 4.26. The van der Waals surface area contributed by atoms with Gasteiger partial charge >= 0.3 is 19.8 Å². The van der Waals surface area contributed by atoms with Crippen LogP contribution in [0.25, 0.3) is 0 Å². The maximum atomic E-state index is 12.8. The van der Waals surface area contributed by atoms with Gasteiger partial charge in [-0.05, 0) is 51.4 Å². The van der Waals surface area contributed by atoms with E-state index in [1.165, 1.54) is 128 Å². The molecule has 2 atom stereocenters. The van der Waals surface area contributed by atoms with Gasteiger partial charge in [0.05, 0.1) is 27.7 Å². The molecule has 10 heteroatoms. The number of nitrogens with zero attached hydrogens (tertiary/aromatic N) is 1. The normalized spacial score (nSPS) is 13.8. The summed E-state index contributed by atoms with van der Waals surface area (Å²) in [4.78, 5) is 35.5. The number of unbranched alkanes of at least 4 members (excludes halogenated alkanes) is 25. The van der Waals surface area contributed by atoms with E-state index >= 15 is 0 Å². The molecule has 9 nitrogen and oxygen atoms in total. The molecule has 0 amide bonds. The molecule has 0 rings (SSSR count). The molecule has 0 aromatic rings. The lowest BCUT2D eigenvalue weighted by atomic mass is 10.0. The molecule has 0 aliphatic heterocycles. The summed E-state index contributed by atoms with van der Waals surface area (Å²) in [6.07, 6.45) is 54.5. The molecule has 1 N–H and O–H groups in total. The number of carbonyl (C=O) groups excluding carboxylic acids is 2. The Morgan fingerprint density at radius 2 is 0.889 bits per heavy atom. The summed E-state index contributed by atoms with van der Waals surface area (Å²) in [6.45, 7) is 4.35. The summed E-state index contributed by atoms with van der Waals surface area (Å²) in [5, 5.41) is 0. The number of allylic oxidation sites excluding steroid dienone is 8. The minimum Gasteiger partial charge on any atom is -0.462 e. The van der Waals surface area contributed by atoms with E-state index in [1.54, 1.807) is 0 Å². The van der Waals surface area contributed by atoms with Crippen LogP contribution in [0.2, 0.25) is 0 Å². The Morgan fingerprint density at radius 1 is 0.492 bits per heavy atom. The van der Waals surface area contributed by atoms with Crippen molar-refractivity contribution >= 4 is 19.8 Å². The number of phosphoric acid groups is 1. The molecule has 1 unspecified atom stereocenters. The second-order valence-corrected chi connectivity index (χ2v) is 20.0. The Morgan fingerprint density at radius 3 is 1.33 bits per heavy atom. The second kappa shape index (κ2) is 45.1. The van der Waals surface area contributed by atoms with Gasteiger partial charge in [0.25, 0.3) is 0 Å². The molecule has 0 fully saturated rings. The molecular formula is C53H99NO8P+. The van der Waals surface area contributed by atoms with Crippen molar-refractivity contribution in [3.63, 3.8) is 0 Å². The van der Waals surface area contributed by atoms with E-state index < -0.39 is 32.5 Å². The maximum Gasteiger partial charge on any atom is 0.472 e. The fourth-order valence-corrected chi connectivity index (χ4v) is 7.81. The number of phosphoric ester groups is 1. The predicted molar refractivity (Wildman–Crippen MR) is 266 cm³/mol. The van der Waals surface area contributed by atoms with Gasteiger partial charge in [-0.1, -0.05) is 210 Å². The van der Waals surface area contributed by atoms with E-state index in [9.17, 15) is 19.0 Å². The van der Waals surface area contributed by atoms with Gasteiger partial charge in [-0.15, -0.1) is 0 Å². The van der Waals surface area contributed by atoms with Crippen molar-refractivity contribution in [2.45, 2.75) is 232 Å². The van der Waals surface area contributed by atoms with Crippen LogP contribution in [0.4, 0.5) is 0 Å². The summed E-state index contributed by atoms with van der Waals surface area (Å²) in [6, 6.07) is 0.